The zero-order valence-corrected chi connectivity index (χ0v) is 12.1. The normalized spacial score (nSPS) is 10.8. The molecule has 2 rings (SSSR count). The first-order valence-corrected chi connectivity index (χ1v) is 6.62. The molecule has 1 amide bonds. The molecular weight excluding hydrogens is 318 g/mol. The molecule has 0 aliphatic carbocycles. The number of aromatic carboxylic acids is 1. The summed E-state index contributed by atoms with van der Waals surface area (Å²) in [5.74, 6) is -3.99. The van der Waals surface area contributed by atoms with Gasteiger partial charge in [0.1, 0.15) is 11.6 Å². The van der Waals surface area contributed by atoms with Crippen LogP contribution in [0.15, 0.2) is 48.0 Å². The van der Waals surface area contributed by atoms with Crippen LogP contribution in [0.1, 0.15) is 15.9 Å². The van der Waals surface area contributed by atoms with Crippen molar-refractivity contribution < 1.29 is 23.5 Å². The third-order valence-electron chi connectivity index (χ3n) is 3.01. The van der Waals surface area contributed by atoms with Gasteiger partial charge in [-0.1, -0.05) is 6.07 Å². The van der Waals surface area contributed by atoms with Crippen LogP contribution in [0.2, 0.25) is 0 Å². The Hall–Kier alpha value is -3.53. The maximum absolute atomic E-state index is 13.1. The first kappa shape index (κ1) is 16.8. The van der Waals surface area contributed by atoms with E-state index in [-0.39, 0.29) is 22.4 Å². The Morgan fingerprint density at radius 3 is 2.29 bits per heavy atom. The predicted octanol–water partition coefficient (Wildman–Crippen LogP) is 3.21. The van der Waals surface area contributed by atoms with E-state index in [1.165, 1.54) is 30.3 Å². The molecule has 120 valence electrons. The number of hydrogen-bond acceptors (Lipinski definition) is 3. The Labute approximate surface area is 135 Å². The third kappa shape index (κ3) is 4.01. The molecule has 0 heterocycles. The molecule has 0 fully saturated rings. The number of carbonyl (C=O) groups excluding carboxylic acids is 1. The number of benzene rings is 2. The number of carboxylic acids is 1. The van der Waals surface area contributed by atoms with Crippen LogP contribution >= 0.6 is 0 Å². The number of nitrogens with zero attached hydrogens (tertiary/aromatic N) is 1. The highest BCUT2D eigenvalue weighted by molar-refractivity contribution is 6.09. The van der Waals surface area contributed by atoms with Gasteiger partial charge in [-0.05, 0) is 48.0 Å². The SMILES string of the molecule is N#C/C(=C\c1ccc(F)c(F)c1)C(=O)Nc1ccc(C(=O)O)cc1. The van der Waals surface area contributed by atoms with Crippen molar-refractivity contribution in [3.05, 3.63) is 70.8 Å². The van der Waals surface area contributed by atoms with E-state index in [1.807, 2.05) is 0 Å². The van der Waals surface area contributed by atoms with Crippen molar-refractivity contribution in [2.45, 2.75) is 0 Å². The summed E-state index contributed by atoms with van der Waals surface area (Å²) in [6.45, 7) is 0. The highest BCUT2D eigenvalue weighted by atomic mass is 19.2. The van der Waals surface area contributed by atoms with Gasteiger partial charge >= 0.3 is 5.97 Å². The van der Waals surface area contributed by atoms with Crippen molar-refractivity contribution in [3.8, 4) is 6.07 Å². The van der Waals surface area contributed by atoms with Gasteiger partial charge in [0.05, 0.1) is 5.56 Å². The maximum Gasteiger partial charge on any atom is 0.335 e. The summed E-state index contributed by atoms with van der Waals surface area (Å²) in [5, 5.41) is 20.3. The zero-order valence-electron chi connectivity index (χ0n) is 12.1. The molecule has 24 heavy (non-hydrogen) atoms. The average Bonchev–Trinajstić information content (AvgIpc) is 2.56. The fraction of sp³-hybridized carbons (Fsp3) is 0. The van der Waals surface area contributed by atoms with Crippen molar-refractivity contribution >= 4 is 23.6 Å². The van der Waals surface area contributed by atoms with Crippen molar-refractivity contribution in [2.24, 2.45) is 0 Å². The second-order valence-electron chi connectivity index (χ2n) is 4.68. The Kier molecular flexibility index (Phi) is 5.02. The van der Waals surface area contributed by atoms with E-state index in [9.17, 15) is 18.4 Å². The predicted molar refractivity (Wildman–Crippen MR) is 82.0 cm³/mol. The van der Waals surface area contributed by atoms with Crippen LogP contribution in [0.5, 0.6) is 0 Å². The van der Waals surface area contributed by atoms with Crippen LogP contribution in [0.25, 0.3) is 6.08 Å². The van der Waals surface area contributed by atoms with Gasteiger partial charge < -0.3 is 10.4 Å². The van der Waals surface area contributed by atoms with Gasteiger partial charge in [0.25, 0.3) is 5.91 Å². The standard InChI is InChI=1S/C17H10F2N2O3/c18-14-6-1-10(8-15(14)19)7-12(9-20)16(22)21-13-4-2-11(3-5-13)17(23)24/h1-8H,(H,21,22)(H,23,24)/b12-7+. The molecule has 0 saturated carbocycles. The second-order valence-corrected chi connectivity index (χ2v) is 4.68. The summed E-state index contributed by atoms with van der Waals surface area (Å²) in [6, 6.07) is 9.98. The highest BCUT2D eigenvalue weighted by Crippen LogP contribution is 2.14. The fourth-order valence-corrected chi connectivity index (χ4v) is 1.81. The minimum absolute atomic E-state index is 0.0471. The molecule has 2 aromatic rings. The quantitative estimate of drug-likeness (QED) is 0.666. The van der Waals surface area contributed by atoms with Crippen LogP contribution in [-0.2, 0) is 4.79 Å². The van der Waals surface area contributed by atoms with Crippen LogP contribution in [-0.4, -0.2) is 17.0 Å². The van der Waals surface area contributed by atoms with E-state index in [2.05, 4.69) is 5.32 Å². The average molecular weight is 328 g/mol. The van der Waals surface area contributed by atoms with E-state index in [4.69, 9.17) is 10.4 Å². The molecule has 0 aliphatic heterocycles. The molecular formula is C17H10F2N2O3. The van der Waals surface area contributed by atoms with Crippen molar-refractivity contribution in [2.75, 3.05) is 5.32 Å². The minimum atomic E-state index is -1.11. The van der Waals surface area contributed by atoms with Gasteiger partial charge in [0.15, 0.2) is 11.6 Å². The molecule has 0 bridgehead atoms. The van der Waals surface area contributed by atoms with Gasteiger partial charge in [0, 0.05) is 5.69 Å². The van der Waals surface area contributed by atoms with Crippen molar-refractivity contribution in [3.63, 3.8) is 0 Å². The van der Waals surface area contributed by atoms with E-state index >= 15 is 0 Å². The molecule has 2 N–H and O–H groups in total. The first-order chi connectivity index (χ1) is 11.4. The molecule has 0 radical (unpaired) electrons. The number of nitriles is 1. The van der Waals surface area contributed by atoms with Gasteiger partial charge in [-0.3, -0.25) is 4.79 Å². The van der Waals surface area contributed by atoms with Gasteiger partial charge in [-0.25, -0.2) is 13.6 Å². The lowest BCUT2D eigenvalue weighted by Gasteiger charge is -2.05. The Morgan fingerprint density at radius 1 is 1.08 bits per heavy atom. The topological polar surface area (TPSA) is 90.2 Å². The van der Waals surface area contributed by atoms with E-state index < -0.39 is 23.5 Å². The second kappa shape index (κ2) is 7.15. The van der Waals surface area contributed by atoms with E-state index in [0.717, 1.165) is 18.2 Å². The summed E-state index contributed by atoms with van der Waals surface area (Å²) >= 11 is 0. The minimum Gasteiger partial charge on any atom is -0.478 e. The summed E-state index contributed by atoms with van der Waals surface area (Å²) in [6.07, 6.45) is 1.11. The molecule has 0 aromatic heterocycles. The smallest absolute Gasteiger partial charge is 0.335 e. The number of nitrogens with one attached hydrogen (secondary N) is 1. The maximum atomic E-state index is 13.1. The van der Waals surface area contributed by atoms with E-state index in [0.29, 0.717) is 0 Å². The lowest BCUT2D eigenvalue weighted by atomic mass is 10.1. The largest absolute Gasteiger partial charge is 0.478 e. The van der Waals surface area contributed by atoms with Gasteiger partial charge in [0.2, 0.25) is 0 Å². The summed E-state index contributed by atoms with van der Waals surface area (Å²) in [5.41, 5.74) is 0.174. The summed E-state index contributed by atoms with van der Waals surface area (Å²) in [7, 11) is 0. The lowest BCUT2D eigenvalue weighted by Crippen LogP contribution is -2.13. The number of carbonyl (C=O) groups is 2. The molecule has 2 aromatic carbocycles. The molecule has 0 atom stereocenters. The summed E-state index contributed by atoms with van der Waals surface area (Å²) in [4.78, 5) is 22.8. The molecule has 0 spiro atoms. The van der Waals surface area contributed by atoms with Crippen LogP contribution < -0.4 is 5.32 Å². The van der Waals surface area contributed by atoms with Crippen molar-refractivity contribution in [1.29, 1.82) is 5.26 Å². The lowest BCUT2D eigenvalue weighted by molar-refractivity contribution is -0.112. The van der Waals surface area contributed by atoms with Crippen LogP contribution in [0.3, 0.4) is 0 Å². The number of halogens is 2. The van der Waals surface area contributed by atoms with Gasteiger partial charge in [-0.2, -0.15) is 5.26 Å². The highest BCUT2D eigenvalue weighted by Gasteiger charge is 2.11. The van der Waals surface area contributed by atoms with Crippen molar-refractivity contribution in [1.82, 2.24) is 0 Å². The monoisotopic (exact) mass is 328 g/mol. The molecule has 5 nitrogen and oxygen atoms in total. The molecule has 0 unspecified atom stereocenters. The Balaban J connectivity index is 2.19. The Morgan fingerprint density at radius 2 is 1.75 bits per heavy atom. The summed E-state index contributed by atoms with van der Waals surface area (Å²) < 4.78 is 26.0. The third-order valence-corrected chi connectivity index (χ3v) is 3.01. The number of carboxylic acid groups (broad SMARTS) is 1. The number of anilines is 1. The van der Waals surface area contributed by atoms with Gasteiger partial charge in [-0.15, -0.1) is 0 Å². The molecule has 7 heteroatoms. The van der Waals surface area contributed by atoms with Crippen LogP contribution in [0.4, 0.5) is 14.5 Å². The van der Waals surface area contributed by atoms with Crippen LogP contribution in [0, 0.1) is 23.0 Å². The number of hydrogen-bond donors (Lipinski definition) is 2. The zero-order chi connectivity index (χ0) is 17.7. The fourth-order valence-electron chi connectivity index (χ4n) is 1.81. The van der Waals surface area contributed by atoms with E-state index in [1.54, 1.807) is 6.07 Å². The molecule has 0 aliphatic rings. The number of amides is 1. The Bertz CT molecular complexity index is 868. The molecule has 0 saturated heterocycles. The number of rotatable bonds is 4. The first-order valence-electron chi connectivity index (χ1n) is 6.62.